The van der Waals surface area contributed by atoms with Crippen molar-refractivity contribution in [3.05, 3.63) is 74.4 Å². The summed E-state index contributed by atoms with van der Waals surface area (Å²) in [5.74, 6) is 0.228. The van der Waals surface area contributed by atoms with Crippen molar-refractivity contribution >= 4 is 39.1 Å². The second-order valence-corrected chi connectivity index (χ2v) is 10.3. The number of amides is 1. The minimum atomic E-state index is -0.836. The maximum atomic E-state index is 13.5. The molecule has 0 fully saturated rings. The lowest BCUT2D eigenvalue weighted by molar-refractivity contribution is -0.118. The molecule has 3 heterocycles. The van der Waals surface area contributed by atoms with Crippen LogP contribution >= 0.6 is 11.3 Å². The van der Waals surface area contributed by atoms with E-state index in [0.29, 0.717) is 35.3 Å². The topological polar surface area (TPSA) is 95.9 Å². The highest BCUT2D eigenvalue weighted by atomic mass is 32.1. The van der Waals surface area contributed by atoms with Crippen molar-refractivity contribution in [1.29, 1.82) is 0 Å². The predicted octanol–water partition coefficient (Wildman–Crippen LogP) is 5.41. The Kier molecular flexibility index (Phi) is 6.71. The van der Waals surface area contributed by atoms with E-state index in [1.165, 1.54) is 23.0 Å². The SMILES string of the molecule is COC(=O)c1c(-c2ccc3c(c2)OCCO3)csc1NC(=O)C(C)n1c(=O)cc(C)c2cc(C)cc(C)c21. The molecule has 0 aliphatic carbocycles. The lowest BCUT2D eigenvalue weighted by Gasteiger charge is -2.20. The molecule has 0 radical (unpaired) electrons. The Balaban J connectivity index is 1.53. The zero-order valence-corrected chi connectivity index (χ0v) is 22.7. The fourth-order valence-corrected chi connectivity index (χ4v) is 5.88. The number of methoxy groups -OCH3 is 1. The van der Waals surface area contributed by atoms with E-state index in [9.17, 15) is 14.4 Å². The fraction of sp³-hybridized carbons (Fsp3) is 0.276. The molecule has 2 aromatic heterocycles. The van der Waals surface area contributed by atoms with Gasteiger partial charge in [-0.05, 0) is 62.6 Å². The first-order chi connectivity index (χ1) is 18.2. The Bertz CT molecular complexity index is 1650. The molecule has 0 bridgehead atoms. The third-order valence-electron chi connectivity index (χ3n) is 6.73. The molecule has 1 unspecified atom stereocenters. The van der Waals surface area contributed by atoms with Crippen LogP contribution in [0.2, 0.25) is 0 Å². The van der Waals surface area contributed by atoms with E-state index in [4.69, 9.17) is 14.2 Å². The van der Waals surface area contributed by atoms with Crippen molar-refractivity contribution in [3.63, 3.8) is 0 Å². The van der Waals surface area contributed by atoms with Gasteiger partial charge < -0.3 is 19.5 Å². The zero-order chi connectivity index (χ0) is 27.1. The first-order valence-corrected chi connectivity index (χ1v) is 13.1. The molecular formula is C29H28N2O6S. The molecule has 1 aliphatic heterocycles. The number of benzene rings is 2. The van der Waals surface area contributed by atoms with Crippen molar-refractivity contribution in [2.45, 2.75) is 33.7 Å². The number of fused-ring (bicyclic) bond motifs is 2. The van der Waals surface area contributed by atoms with Gasteiger partial charge in [0, 0.05) is 22.4 Å². The van der Waals surface area contributed by atoms with Crippen molar-refractivity contribution < 1.29 is 23.8 Å². The largest absolute Gasteiger partial charge is 0.486 e. The number of pyridine rings is 1. The summed E-state index contributed by atoms with van der Waals surface area (Å²) < 4.78 is 17.9. The number of carbonyl (C=O) groups is 2. The standard InChI is InChI=1S/C29H28N2O6S/c1-15-10-17(3)26-20(11-15)16(2)12-24(32)31(26)18(4)27(33)30-28-25(29(34)35-5)21(14-38-28)19-6-7-22-23(13-19)37-9-8-36-22/h6-7,10-14,18H,8-9H2,1-5H3,(H,30,33). The number of nitrogens with zero attached hydrogens (tertiary/aromatic N) is 1. The molecule has 0 saturated heterocycles. The minimum absolute atomic E-state index is 0.239. The molecule has 196 valence electrons. The van der Waals surface area contributed by atoms with E-state index in [1.807, 2.05) is 39.0 Å². The van der Waals surface area contributed by atoms with Gasteiger partial charge in [-0.1, -0.05) is 17.7 Å². The van der Waals surface area contributed by atoms with Crippen LogP contribution in [0.25, 0.3) is 22.0 Å². The molecular weight excluding hydrogens is 504 g/mol. The fourth-order valence-electron chi connectivity index (χ4n) is 4.92. The van der Waals surface area contributed by atoms with Crippen LogP contribution in [0, 0.1) is 20.8 Å². The monoisotopic (exact) mass is 532 g/mol. The number of thiophene rings is 1. The number of esters is 1. The summed E-state index contributed by atoms with van der Waals surface area (Å²) in [6.07, 6.45) is 0. The van der Waals surface area contributed by atoms with E-state index >= 15 is 0 Å². The second-order valence-electron chi connectivity index (χ2n) is 9.38. The van der Waals surface area contributed by atoms with Crippen molar-refractivity contribution in [2.24, 2.45) is 0 Å². The Morgan fingerprint density at radius 3 is 2.50 bits per heavy atom. The lowest BCUT2D eigenvalue weighted by Crippen LogP contribution is -2.32. The van der Waals surface area contributed by atoms with E-state index in [1.54, 1.807) is 30.5 Å². The maximum absolute atomic E-state index is 13.5. The molecule has 1 aliphatic rings. The van der Waals surface area contributed by atoms with Gasteiger partial charge in [-0.3, -0.25) is 14.2 Å². The second kappa shape index (κ2) is 9.98. The van der Waals surface area contributed by atoms with Crippen LogP contribution in [0.4, 0.5) is 5.00 Å². The van der Waals surface area contributed by atoms with Gasteiger partial charge in [-0.15, -0.1) is 11.3 Å². The number of aryl methyl sites for hydroxylation is 3. The highest BCUT2D eigenvalue weighted by Crippen LogP contribution is 2.40. The van der Waals surface area contributed by atoms with Gasteiger partial charge in [-0.25, -0.2) is 4.79 Å². The van der Waals surface area contributed by atoms with Crippen LogP contribution in [0.15, 0.2) is 46.6 Å². The van der Waals surface area contributed by atoms with Gasteiger partial charge in [0.2, 0.25) is 5.91 Å². The predicted molar refractivity (Wildman–Crippen MR) is 148 cm³/mol. The van der Waals surface area contributed by atoms with Crippen molar-refractivity contribution in [1.82, 2.24) is 4.57 Å². The number of aromatic nitrogens is 1. The Morgan fingerprint density at radius 1 is 1.03 bits per heavy atom. The third-order valence-corrected chi connectivity index (χ3v) is 7.62. The average molecular weight is 533 g/mol. The number of nitrogens with one attached hydrogen (secondary N) is 1. The zero-order valence-electron chi connectivity index (χ0n) is 21.8. The van der Waals surface area contributed by atoms with Gasteiger partial charge in [0.1, 0.15) is 29.8 Å². The van der Waals surface area contributed by atoms with Crippen LogP contribution < -0.4 is 20.3 Å². The summed E-state index contributed by atoms with van der Waals surface area (Å²) >= 11 is 1.22. The number of hydrogen-bond acceptors (Lipinski definition) is 7. The Morgan fingerprint density at radius 2 is 1.76 bits per heavy atom. The summed E-state index contributed by atoms with van der Waals surface area (Å²) in [7, 11) is 1.30. The molecule has 4 aromatic rings. The molecule has 2 aromatic carbocycles. The van der Waals surface area contributed by atoms with Gasteiger partial charge in [0.25, 0.3) is 5.56 Å². The summed E-state index contributed by atoms with van der Waals surface area (Å²) in [6.45, 7) is 8.43. The number of hydrogen-bond donors (Lipinski definition) is 1. The Labute approximate surface area is 223 Å². The molecule has 1 N–H and O–H groups in total. The van der Waals surface area contributed by atoms with Crippen LogP contribution in [0.1, 0.15) is 40.0 Å². The molecule has 1 atom stereocenters. The van der Waals surface area contributed by atoms with Crippen LogP contribution in [0.5, 0.6) is 11.5 Å². The Hall–Kier alpha value is -4.11. The quantitative estimate of drug-likeness (QED) is 0.345. The van der Waals surface area contributed by atoms with E-state index in [0.717, 1.165) is 33.2 Å². The first kappa shape index (κ1) is 25.5. The molecule has 0 spiro atoms. The summed E-state index contributed by atoms with van der Waals surface area (Å²) in [5.41, 5.74) is 4.87. The smallest absolute Gasteiger partial charge is 0.341 e. The normalized spacial score (nSPS) is 13.3. The molecule has 9 heteroatoms. The van der Waals surface area contributed by atoms with Crippen molar-refractivity contribution in [3.8, 4) is 22.6 Å². The maximum Gasteiger partial charge on any atom is 0.341 e. The molecule has 8 nitrogen and oxygen atoms in total. The highest BCUT2D eigenvalue weighted by Gasteiger charge is 2.27. The summed E-state index contributed by atoms with van der Waals surface area (Å²) in [4.78, 5) is 39.5. The summed E-state index contributed by atoms with van der Waals surface area (Å²) in [6, 6.07) is 10.2. The van der Waals surface area contributed by atoms with Gasteiger partial charge in [-0.2, -0.15) is 0 Å². The highest BCUT2D eigenvalue weighted by molar-refractivity contribution is 7.15. The van der Waals surface area contributed by atoms with Gasteiger partial charge >= 0.3 is 5.97 Å². The number of carbonyl (C=O) groups excluding carboxylic acids is 2. The number of rotatable bonds is 5. The molecule has 0 saturated carbocycles. The number of anilines is 1. The van der Waals surface area contributed by atoms with E-state index < -0.39 is 17.9 Å². The molecule has 5 rings (SSSR count). The van der Waals surface area contributed by atoms with Gasteiger partial charge in [0.15, 0.2) is 11.5 Å². The van der Waals surface area contributed by atoms with E-state index in [2.05, 4.69) is 5.32 Å². The summed E-state index contributed by atoms with van der Waals surface area (Å²) in [5, 5.41) is 5.94. The first-order valence-electron chi connectivity index (χ1n) is 12.2. The molecule has 1 amide bonds. The number of ether oxygens (including phenoxy) is 3. The minimum Gasteiger partial charge on any atom is -0.486 e. The lowest BCUT2D eigenvalue weighted by atomic mass is 10.0. The van der Waals surface area contributed by atoms with Crippen LogP contribution in [-0.2, 0) is 9.53 Å². The van der Waals surface area contributed by atoms with Gasteiger partial charge in [0.05, 0.1) is 12.6 Å². The average Bonchev–Trinajstić information content (AvgIpc) is 3.31. The molecule has 38 heavy (non-hydrogen) atoms. The third kappa shape index (κ3) is 4.43. The van der Waals surface area contributed by atoms with Crippen molar-refractivity contribution in [2.75, 3.05) is 25.6 Å². The van der Waals surface area contributed by atoms with E-state index in [-0.39, 0.29) is 11.1 Å². The van der Waals surface area contributed by atoms with Crippen LogP contribution in [0.3, 0.4) is 0 Å². The van der Waals surface area contributed by atoms with Crippen LogP contribution in [-0.4, -0.2) is 36.8 Å².